The second-order valence-electron chi connectivity index (χ2n) is 6.14. The van der Waals surface area contributed by atoms with E-state index < -0.39 is 11.8 Å². The lowest BCUT2D eigenvalue weighted by atomic mass is 10.2. The van der Waals surface area contributed by atoms with E-state index in [2.05, 4.69) is 20.9 Å². The Balaban J connectivity index is 1.54. The number of furan rings is 1. The van der Waals surface area contributed by atoms with E-state index in [0.717, 1.165) is 18.5 Å². The number of benzene rings is 1. The molecule has 0 saturated heterocycles. The van der Waals surface area contributed by atoms with Crippen LogP contribution in [0.5, 0.6) is 0 Å². The van der Waals surface area contributed by atoms with Gasteiger partial charge < -0.3 is 9.73 Å². The minimum atomic E-state index is -0.798. The molecule has 2 amide bonds. The van der Waals surface area contributed by atoms with Crippen LogP contribution < -0.4 is 10.7 Å². The Morgan fingerprint density at radius 1 is 1.15 bits per heavy atom. The summed E-state index contributed by atoms with van der Waals surface area (Å²) in [6, 6.07) is 13.3. The average Bonchev–Trinajstić information content (AvgIpc) is 3.18. The molecule has 0 bridgehead atoms. The van der Waals surface area contributed by atoms with Gasteiger partial charge in [0.1, 0.15) is 5.69 Å². The quantitative estimate of drug-likeness (QED) is 0.410. The molecular weight excluding hydrogens is 346 g/mol. The second kappa shape index (κ2) is 7.28. The monoisotopic (exact) mass is 363 g/mol. The van der Waals surface area contributed by atoms with Gasteiger partial charge in [-0.3, -0.25) is 9.59 Å². The lowest BCUT2D eigenvalue weighted by Gasteiger charge is -2.00. The third kappa shape index (κ3) is 3.95. The molecule has 3 aromatic rings. The van der Waals surface area contributed by atoms with Crippen LogP contribution in [0, 0.1) is 0 Å². The van der Waals surface area contributed by atoms with E-state index in [4.69, 9.17) is 4.42 Å². The summed E-state index contributed by atoms with van der Waals surface area (Å²) in [5.41, 5.74) is 4.32. The largest absolute Gasteiger partial charge is 0.463 e. The van der Waals surface area contributed by atoms with Crippen molar-refractivity contribution >= 4 is 18.0 Å². The first kappa shape index (κ1) is 16.8. The molecule has 136 valence electrons. The van der Waals surface area contributed by atoms with E-state index in [1.165, 1.54) is 6.21 Å². The maximum absolute atomic E-state index is 11.8. The summed E-state index contributed by atoms with van der Waals surface area (Å²) < 4.78 is 7.13. The molecule has 0 radical (unpaired) electrons. The third-order valence-electron chi connectivity index (χ3n) is 4.01. The van der Waals surface area contributed by atoms with Crippen LogP contribution in [-0.4, -0.2) is 33.9 Å². The topological polar surface area (TPSA) is 102 Å². The maximum atomic E-state index is 11.8. The van der Waals surface area contributed by atoms with Gasteiger partial charge in [0.05, 0.1) is 18.2 Å². The number of nitrogens with zero attached hydrogens (tertiary/aromatic N) is 3. The van der Waals surface area contributed by atoms with Crippen LogP contribution in [0.4, 0.5) is 0 Å². The number of carbonyl (C=O) groups is 2. The van der Waals surface area contributed by atoms with Gasteiger partial charge in [0.2, 0.25) is 0 Å². The number of aromatic nitrogens is 2. The summed E-state index contributed by atoms with van der Waals surface area (Å²) in [6.45, 7) is 0. The minimum absolute atomic E-state index is 0.113. The predicted molar refractivity (Wildman–Crippen MR) is 98.2 cm³/mol. The van der Waals surface area contributed by atoms with Crippen molar-refractivity contribution in [1.29, 1.82) is 0 Å². The molecule has 2 aromatic heterocycles. The standard InChI is InChI=1S/C19H17N5O3/c25-18(21-14-8-9-14)19(26)22-20-11-13-12-24(15-5-2-1-3-6-15)23-17(13)16-7-4-10-27-16/h1-7,10-12,14H,8-9H2,(H,21,25)(H,22,26)/b20-11-. The van der Waals surface area contributed by atoms with E-state index in [1.807, 2.05) is 30.3 Å². The lowest BCUT2D eigenvalue weighted by Crippen LogP contribution is -2.38. The molecule has 8 heteroatoms. The number of carbonyl (C=O) groups excluding carboxylic acids is 2. The van der Waals surface area contributed by atoms with Crippen molar-refractivity contribution in [3.8, 4) is 17.1 Å². The lowest BCUT2D eigenvalue weighted by molar-refractivity contribution is -0.139. The van der Waals surface area contributed by atoms with Gasteiger partial charge in [0.15, 0.2) is 5.76 Å². The van der Waals surface area contributed by atoms with Gasteiger partial charge in [0.25, 0.3) is 0 Å². The molecule has 8 nitrogen and oxygen atoms in total. The van der Waals surface area contributed by atoms with Gasteiger partial charge in [0, 0.05) is 17.8 Å². The zero-order chi connectivity index (χ0) is 18.6. The Bertz CT molecular complexity index is 972. The fraction of sp³-hybridized carbons (Fsp3) is 0.158. The summed E-state index contributed by atoms with van der Waals surface area (Å²) >= 11 is 0. The van der Waals surface area contributed by atoms with E-state index in [0.29, 0.717) is 17.0 Å². The van der Waals surface area contributed by atoms with E-state index >= 15 is 0 Å². The zero-order valence-corrected chi connectivity index (χ0v) is 14.3. The van der Waals surface area contributed by atoms with Crippen molar-refractivity contribution in [2.45, 2.75) is 18.9 Å². The molecular formula is C19H17N5O3. The number of hydrazone groups is 1. The van der Waals surface area contributed by atoms with Crippen molar-refractivity contribution < 1.29 is 14.0 Å². The van der Waals surface area contributed by atoms with Crippen molar-refractivity contribution in [3.05, 3.63) is 60.5 Å². The van der Waals surface area contributed by atoms with Crippen molar-refractivity contribution in [1.82, 2.24) is 20.5 Å². The smallest absolute Gasteiger partial charge is 0.329 e. The summed E-state index contributed by atoms with van der Waals surface area (Å²) in [5.74, 6) is -0.905. The molecule has 27 heavy (non-hydrogen) atoms. The number of para-hydroxylation sites is 1. The molecule has 2 N–H and O–H groups in total. The summed E-state index contributed by atoms with van der Waals surface area (Å²) in [6.07, 6.45) is 6.59. The first-order chi connectivity index (χ1) is 13.2. The Morgan fingerprint density at radius 2 is 1.96 bits per heavy atom. The van der Waals surface area contributed by atoms with Crippen LogP contribution in [0.15, 0.2) is 64.4 Å². The van der Waals surface area contributed by atoms with Crippen LogP contribution in [0.2, 0.25) is 0 Å². The average molecular weight is 363 g/mol. The Morgan fingerprint density at radius 3 is 2.67 bits per heavy atom. The highest BCUT2D eigenvalue weighted by Crippen LogP contribution is 2.23. The molecule has 0 aliphatic heterocycles. The first-order valence-corrected chi connectivity index (χ1v) is 8.53. The molecule has 4 rings (SSSR count). The van der Waals surface area contributed by atoms with Crippen molar-refractivity contribution in [2.24, 2.45) is 5.10 Å². The molecule has 1 aromatic carbocycles. The van der Waals surface area contributed by atoms with Crippen molar-refractivity contribution in [2.75, 3.05) is 0 Å². The maximum Gasteiger partial charge on any atom is 0.329 e. The summed E-state index contributed by atoms with van der Waals surface area (Å²) in [5, 5.41) is 11.0. The normalized spacial score (nSPS) is 13.6. The Hall–Kier alpha value is -3.68. The van der Waals surface area contributed by atoms with E-state index in [-0.39, 0.29) is 6.04 Å². The molecule has 1 aliphatic rings. The van der Waals surface area contributed by atoms with E-state index in [1.54, 1.807) is 29.3 Å². The van der Waals surface area contributed by atoms with Gasteiger partial charge in [-0.15, -0.1) is 0 Å². The number of hydrogen-bond acceptors (Lipinski definition) is 5. The van der Waals surface area contributed by atoms with Gasteiger partial charge in [-0.25, -0.2) is 10.1 Å². The highest BCUT2D eigenvalue weighted by atomic mass is 16.3. The SMILES string of the molecule is O=C(N/N=C\c1cn(-c2ccccc2)nc1-c1ccco1)C(=O)NC1CC1. The van der Waals surface area contributed by atoms with Crippen LogP contribution >= 0.6 is 0 Å². The Labute approximate surface area is 154 Å². The molecule has 1 saturated carbocycles. The van der Waals surface area contributed by atoms with Crippen LogP contribution in [-0.2, 0) is 9.59 Å². The predicted octanol–water partition coefficient (Wildman–Crippen LogP) is 1.86. The fourth-order valence-electron chi connectivity index (χ4n) is 2.49. The fourth-order valence-corrected chi connectivity index (χ4v) is 2.49. The molecule has 0 atom stereocenters. The molecule has 2 heterocycles. The van der Waals surface area contributed by atoms with Gasteiger partial charge in [-0.1, -0.05) is 18.2 Å². The minimum Gasteiger partial charge on any atom is -0.463 e. The third-order valence-corrected chi connectivity index (χ3v) is 4.01. The zero-order valence-electron chi connectivity index (χ0n) is 14.3. The number of amides is 2. The molecule has 0 unspecified atom stereocenters. The second-order valence-corrected chi connectivity index (χ2v) is 6.14. The van der Waals surface area contributed by atoms with Gasteiger partial charge in [-0.05, 0) is 37.1 Å². The number of hydrogen-bond donors (Lipinski definition) is 2. The number of rotatable bonds is 5. The summed E-state index contributed by atoms with van der Waals surface area (Å²) in [7, 11) is 0. The van der Waals surface area contributed by atoms with Crippen LogP contribution in [0.25, 0.3) is 17.1 Å². The van der Waals surface area contributed by atoms with Crippen LogP contribution in [0.1, 0.15) is 18.4 Å². The first-order valence-electron chi connectivity index (χ1n) is 8.53. The number of nitrogens with one attached hydrogen (secondary N) is 2. The summed E-state index contributed by atoms with van der Waals surface area (Å²) in [4.78, 5) is 23.4. The highest BCUT2D eigenvalue weighted by Gasteiger charge is 2.26. The molecule has 1 fully saturated rings. The molecule has 1 aliphatic carbocycles. The Kier molecular flexibility index (Phi) is 4.52. The van der Waals surface area contributed by atoms with Crippen molar-refractivity contribution in [3.63, 3.8) is 0 Å². The van der Waals surface area contributed by atoms with Crippen LogP contribution in [0.3, 0.4) is 0 Å². The molecule has 0 spiro atoms. The van der Waals surface area contributed by atoms with Gasteiger partial charge >= 0.3 is 11.8 Å². The van der Waals surface area contributed by atoms with E-state index in [9.17, 15) is 9.59 Å². The highest BCUT2D eigenvalue weighted by molar-refractivity contribution is 6.35. The van der Waals surface area contributed by atoms with Gasteiger partial charge in [-0.2, -0.15) is 10.2 Å².